The molecule has 0 aromatic rings. The molecule has 0 aromatic carbocycles. The summed E-state index contributed by atoms with van der Waals surface area (Å²) in [5.74, 6) is 0. The number of aliphatic hydroxyl groups is 1. The van der Waals surface area contributed by atoms with E-state index in [1.54, 1.807) is 0 Å². The van der Waals surface area contributed by atoms with Crippen molar-refractivity contribution in [2.45, 2.75) is 31.0 Å². The highest BCUT2D eigenvalue weighted by atomic mass is 16.7. The van der Waals surface area contributed by atoms with Gasteiger partial charge in [0.15, 0.2) is 6.29 Å². The van der Waals surface area contributed by atoms with E-state index in [9.17, 15) is 5.11 Å². The van der Waals surface area contributed by atoms with Crippen LogP contribution in [0.3, 0.4) is 0 Å². The SMILES string of the molecule is [N-]=[N+]=N[C@H]1[C@@H]2OC[C@H](C[C@@H]1O)O2. The van der Waals surface area contributed by atoms with Gasteiger partial charge in [-0.25, -0.2) is 0 Å². The predicted octanol–water partition coefficient (Wildman–Crippen LogP) is 0.171. The van der Waals surface area contributed by atoms with Crippen LogP contribution in [0.15, 0.2) is 5.11 Å². The van der Waals surface area contributed by atoms with Crippen molar-refractivity contribution in [2.24, 2.45) is 5.11 Å². The van der Waals surface area contributed by atoms with E-state index in [1.165, 1.54) is 0 Å². The van der Waals surface area contributed by atoms with Crippen LogP contribution in [0.2, 0.25) is 0 Å². The number of fused-ring (bicyclic) bond motifs is 2. The van der Waals surface area contributed by atoms with E-state index in [-0.39, 0.29) is 6.10 Å². The highest BCUT2D eigenvalue weighted by Crippen LogP contribution is 2.29. The third-order valence-electron chi connectivity index (χ3n) is 2.14. The summed E-state index contributed by atoms with van der Waals surface area (Å²) in [7, 11) is 0. The Bertz CT molecular complexity index is 228. The smallest absolute Gasteiger partial charge is 0.169 e. The van der Waals surface area contributed by atoms with Gasteiger partial charge in [0.1, 0.15) is 6.04 Å². The number of ether oxygens (including phenoxy) is 2. The maximum absolute atomic E-state index is 9.46. The molecule has 2 aliphatic rings. The summed E-state index contributed by atoms with van der Waals surface area (Å²) >= 11 is 0. The Labute approximate surface area is 68.7 Å². The quantitative estimate of drug-likeness (QED) is 0.346. The lowest BCUT2D eigenvalue weighted by Crippen LogP contribution is -2.42. The number of rotatable bonds is 1. The molecule has 0 spiro atoms. The molecule has 0 unspecified atom stereocenters. The zero-order chi connectivity index (χ0) is 8.55. The van der Waals surface area contributed by atoms with Gasteiger partial charge in [-0.1, -0.05) is 5.11 Å². The molecule has 2 heterocycles. The first-order chi connectivity index (χ1) is 5.81. The third kappa shape index (κ3) is 1.15. The van der Waals surface area contributed by atoms with Gasteiger partial charge in [-0.2, -0.15) is 0 Å². The maximum atomic E-state index is 9.46. The fourth-order valence-electron chi connectivity index (χ4n) is 1.55. The average Bonchev–Trinajstić information content (AvgIpc) is 2.43. The van der Waals surface area contributed by atoms with Crippen LogP contribution in [0.4, 0.5) is 0 Å². The predicted molar refractivity (Wildman–Crippen MR) is 38.2 cm³/mol. The number of aliphatic hydroxyl groups excluding tert-OH is 1. The van der Waals surface area contributed by atoms with Crippen LogP contribution in [0.5, 0.6) is 0 Å². The van der Waals surface area contributed by atoms with E-state index < -0.39 is 18.4 Å². The molecule has 2 saturated heterocycles. The summed E-state index contributed by atoms with van der Waals surface area (Å²) in [4.78, 5) is 2.63. The number of hydrogen-bond donors (Lipinski definition) is 1. The number of azide groups is 1. The van der Waals surface area contributed by atoms with Gasteiger partial charge in [-0.15, -0.1) is 0 Å². The molecule has 2 bridgehead atoms. The highest BCUT2D eigenvalue weighted by molar-refractivity contribution is 4.90. The van der Waals surface area contributed by atoms with E-state index in [0.717, 1.165) is 0 Å². The second-order valence-electron chi connectivity index (χ2n) is 2.96. The minimum atomic E-state index is -0.632. The first-order valence-corrected chi connectivity index (χ1v) is 3.80. The van der Waals surface area contributed by atoms with Crippen LogP contribution in [-0.4, -0.2) is 36.3 Å². The van der Waals surface area contributed by atoms with Crippen LogP contribution in [0.1, 0.15) is 6.42 Å². The van der Waals surface area contributed by atoms with Gasteiger partial charge in [-0.3, -0.25) is 0 Å². The summed E-state index contributed by atoms with van der Waals surface area (Å²) in [6, 6.07) is -0.589. The molecule has 0 amide bonds. The normalized spacial score (nSPS) is 45.4. The van der Waals surface area contributed by atoms with Gasteiger partial charge in [0.05, 0.1) is 18.8 Å². The van der Waals surface area contributed by atoms with Gasteiger partial charge in [-0.05, 0) is 5.53 Å². The van der Waals surface area contributed by atoms with Gasteiger partial charge in [0, 0.05) is 11.3 Å². The molecule has 1 N–H and O–H groups in total. The molecular formula is C6H9N3O3. The molecule has 0 saturated carbocycles. The van der Waals surface area contributed by atoms with Crippen LogP contribution < -0.4 is 0 Å². The van der Waals surface area contributed by atoms with Crippen LogP contribution >= 0.6 is 0 Å². The largest absolute Gasteiger partial charge is 0.392 e. The lowest BCUT2D eigenvalue weighted by atomic mass is 10.0. The molecular weight excluding hydrogens is 162 g/mol. The topological polar surface area (TPSA) is 87.5 Å². The van der Waals surface area contributed by atoms with Crippen molar-refractivity contribution in [2.75, 3.05) is 6.61 Å². The lowest BCUT2D eigenvalue weighted by Gasteiger charge is -2.28. The second kappa shape index (κ2) is 2.91. The van der Waals surface area contributed by atoms with Crippen molar-refractivity contribution in [1.82, 2.24) is 0 Å². The first kappa shape index (κ1) is 7.82. The first-order valence-electron chi connectivity index (χ1n) is 3.80. The molecule has 2 aliphatic heterocycles. The molecule has 0 aliphatic carbocycles. The van der Waals surface area contributed by atoms with E-state index >= 15 is 0 Å². The zero-order valence-corrected chi connectivity index (χ0v) is 6.33. The van der Waals surface area contributed by atoms with E-state index in [2.05, 4.69) is 10.0 Å². The molecule has 0 aromatic heterocycles. The molecule has 66 valence electrons. The summed E-state index contributed by atoms with van der Waals surface area (Å²) in [6.45, 7) is 0.485. The van der Waals surface area contributed by atoms with Crippen molar-refractivity contribution in [1.29, 1.82) is 0 Å². The Kier molecular flexibility index (Phi) is 1.90. The summed E-state index contributed by atoms with van der Waals surface area (Å²) in [6.07, 6.45) is -0.725. The minimum absolute atomic E-state index is 0.0323. The molecule has 6 heteroatoms. The Morgan fingerprint density at radius 1 is 1.58 bits per heavy atom. The zero-order valence-electron chi connectivity index (χ0n) is 6.33. The summed E-state index contributed by atoms with van der Waals surface area (Å²) in [5.41, 5.74) is 8.20. The van der Waals surface area contributed by atoms with Crippen LogP contribution in [-0.2, 0) is 9.47 Å². The van der Waals surface area contributed by atoms with Gasteiger partial charge >= 0.3 is 0 Å². The fourth-order valence-corrected chi connectivity index (χ4v) is 1.55. The van der Waals surface area contributed by atoms with Crippen LogP contribution in [0.25, 0.3) is 10.4 Å². The molecule has 2 fully saturated rings. The Balaban J connectivity index is 2.14. The van der Waals surface area contributed by atoms with Gasteiger partial charge in [0.2, 0.25) is 0 Å². The van der Waals surface area contributed by atoms with Gasteiger partial charge < -0.3 is 14.6 Å². The van der Waals surface area contributed by atoms with Crippen molar-refractivity contribution < 1.29 is 14.6 Å². The lowest BCUT2D eigenvalue weighted by molar-refractivity contribution is -0.130. The number of hydrogen-bond acceptors (Lipinski definition) is 4. The average molecular weight is 171 g/mol. The Morgan fingerprint density at radius 3 is 3.17 bits per heavy atom. The maximum Gasteiger partial charge on any atom is 0.169 e. The minimum Gasteiger partial charge on any atom is -0.392 e. The third-order valence-corrected chi connectivity index (χ3v) is 2.14. The Hall–Kier alpha value is -0.810. The second-order valence-corrected chi connectivity index (χ2v) is 2.96. The van der Waals surface area contributed by atoms with Crippen molar-refractivity contribution in [3.05, 3.63) is 10.4 Å². The van der Waals surface area contributed by atoms with E-state index in [0.29, 0.717) is 13.0 Å². The molecule has 6 nitrogen and oxygen atoms in total. The summed E-state index contributed by atoms with van der Waals surface area (Å²) < 4.78 is 10.5. The molecule has 4 atom stereocenters. The Morgan fingerprint density at radius 2 is 2.42 bits per heavy atom. The van der Waals surface area contributed by atoms with Crippen molar-refractivity contribution in [3.8, 4) is 0 Å². The number of nitrogens with zero attached hydrogens (tertiary/aromatic N) is 3. The van der Waals surface area contributed by atoms with Crippen LogP contribution in [0, 0.1) is 0 Å². The molecule has 0 radical (unpaired) electrons. The van der Waals surface area contributed by atoms with Gasteiger partial charge in [0.25, 0.3) is 0 Å². The molecule has 2 rings (SSSR count). The van der Waals surface area contributed by atoms with E-state index in [4.69, 9.17) is 15.0 Å². The molecule has 12 heavy (non-hydrogen) atoms. The van der Waals surface area contributed by atoms with Crippen molar-refractivity contribution >= 4 is 0 Å². The highest BCUT2D eigenvalue weighted by Gasteiger charge is 2.42. The van der Waals surface area contributed by atoms with Crippen molar-refractivity contribution in [3.63, 3.8) is 0 Å². The standard InChI is InChI=1S/C6H9N3O3/c7-9-8-5-4(10)1-3-2-11-6(5)12-3/h3-6,10H,1-2H2/t3-,4-,5+,6+/m0/s1. The summed E-state index contributed by atoms with van der Waals surface area (Å²) in [5, 5.41) is 12.9. The monoisotopic (exact) mass is 171 g/mol. The fraction of sp³-hybridized carbons (Fsp3) is 1.00. The van der Waals surface area contributed by atoms with E-state index in [1.807, 2.05) is 0 Å².